The summed E-state index contributed by atoms with van der Waals surface area (Å²) in [5, 5.41) is 3.99. The van der Waals surface area contributed by atoms with Crippen LogP contribution in [0.5, 0.6) is 0 Å². The Labute approximate surface area is 77.7 Å². The van der Waals surface area contributed by atoms with E-state index >= 15 is 0 Å². The second-order valence-electron chi connectivity index (χ2n) is 4.45. The summed E-state index contributed by atoms with van der Waals surface area (Å²) in [7, 11) is 1.81. The second kappa shape index (κ2) is 2.44. The van der Waals surface area contributed by atoms with Crippen molar-refractivity contribution >= 4 is 5.78 Å². The topological polar surface area (TPSA) is 34.9 Å². The van der Waals surface area contributed by atoms with Crippen molar-refractivity contribution in [2.75, 3.05) is 0 Å². The molecule has 0 amide bonds. The molecule has 13 heavy (non-hydrogen) atoms. The maximum atomic E-state index is 11.8. The van der Waals surface area contributed by atoms with Crippen LogP contribution in [0.15, 0.2) is 12.3 Å². The standard InChI is InChI=1S/C10H14N2O/c1-10(2)6-7(10)9(13)8-4-5-11-12(8)3/h4-5,7H,6H2,1-3H3. The van der Waals surface area contributed by atoms with Gasteiger partial charge < -0.3 is 0 Å². The highest BCUT2D eigenvalue weighted by atomic mass is 16.1. The Kier molecular flexibility index (Phi) is 1.59. The Morgan fingerprint density at radius 3 is 2.69 bits per heavy atom. The van der Waals surface area contributed by atoms with Crippen LogP contribution in [0.1, 0.15) is 30.8 Å². The van der Waals surface area contributed by atoms with E-state index in [0.29, 0.717) is 0 Å². The number of Topliss-reactive ketones (excluding diaryl/α,β-unsaturated/α-hetero) is 1. The third-order valence-corrected chi connectivity index (χ3v) is 2.90. The number of nitrogens with zero attached hydrogens (tertiary/aromatic N) is 2. The van der Waals surface area contributed by atoms with Gasteiger partial charge in [0.05, 0.1) is 0 Å². The monoisotopic (exact) mass is 178 g/mol. The van der Waals surface area contributed by atoms with E-state index in [0.717, 1.165) is 12.1 Å². The van der Waals surface area contributed by atoms with E-state index < -0.39 is 0 Å². The van der Waals surface area contributed by atoms with Gasteiger partial charge in [0.2, 0.25) is 0 Å². The Morgan fingerprint density at radius 2 is 2.31 bits per heavy atom. The molecule has 3 heteroatoms. The average Bonchev–Trinajstić information content (AvgIpc) is 2.49. The van der Waals surface area contributed by atoms with E-state index in [1.54, 1.807) is 16.9 Å². The van der Waals surface area contributed by atoms with E-state index in [1.807, 2.05) is 7.05 Å². The Morgan fingerprint density at radius 1 is 1.69 bits per heavy atom. The number of carbonyl (C=O) groups is 1. The Bertz CT molecular complexity index is 352. The van der Waals surface area contributed by atoms with Gasteiger partial charge in [0, 0.05) is 19.2 Å². The first-order valence-electron chi connectivity index (χ1n) is 4.54. The number of rotatable bonds is 2. The molecule has 1 saturated carbocycles. The molecule has 0 aromatic carbocycles. The molecule has 3 nitrogen and oxygen atoms in total. The minimum atomic E-state index is 0.210. The summed E-state index contributed by atoms with van der Waals surface area (Å²) in [5.41, 5.74) is 0.942. The quantitative estimate of drug-likeness (QED) is 0.645. The molecule has 1 aliphatic carbocycles. The predicted octanol–water partition coefficient (Wildman–Crippen LogP) is 1.65. The third-order valence-electron chi connectivity index (χ3n) is 2.90. The number of hydrogen-bond acceptors (Lipinski definition) is 2. The highest BCUT2D eigenvalue weighted by Gasteiger charge is 2.51. The molecule has 1 unspecified atom stereocenters. The van der Waals surface area contributed by atoms with Crippen molar-refractivity contribution in [1.29, 1.82) is 0 Å². The van der Waals surface area contributed by atoms with Crippen molar-refractivity contribution in [1.82, 2.24) is 9.78 Å². The molecule has 0 N–H and O–H groups in total. The van der Waals surface area contributed by atoms with Crippen LogP contribution >= 0.6 is 0 Å². The molecule has 1 fully saturated rings. The molecule has 1 heterocycles. The molecule has 1 aromatic heterocycles. The Balaban J connectivity index is 2.21. The zero-order chi connectivity index (χ0) is 9.64. The minimum absolute atomic E-state index is 0.210. The van der Waals surface area contributed by atoms with Gasteiger partial charge in [-0.25, -0.2) is 0 Å². The summed E-state index contributed by atoms with van der Waals surface area (Å²) in [6.45, 7) is 4.26. The lowest BCUT2D eigenvalue weighted by atomic mass is 10.1. The summed E-state index contributed by atoms with van der Waals surface area (Å²) >= 11 is 0. The van der Waals surface area contributed by atoms with Crippen LogP contribution in [-0.4, -0.2) is 15.6 Å². The molecule has 0 aliphatic heterocycles. The van der Waals surface area contributed by atoms with Gasteiger partial charge in [-0.3, -0.25) is 9.48 Å². The van der Waals surface area contributed by atoms with Gasteiger partial charge in [-0.05, 0) is 17.9 Å². The molecule has 0 spiro atoms. The van der Waals surface area contributed by atoms with Crippen LogP contribution < -0.4 is 0 Å². The number of aromatic nitrogens is 2. The van der Waals surface area contributed by atoms with Gasteiger partial charge in [0.1, 0.15) is 5.69 Å². The van der Waals surface area contributed by atoms with Crippen LogP contribution in [0.2, 0.25) is 0 Å². The maximum absolute atomic E-state index is 11.8. The SMILES string of the molecule is Cn1nccc1C(=O)C1CC1(C)C. The smallest absolute Gasteiger partial charge is 0.184 e. The fraction of sp³-hybridized carbons (Fsp3) is 0.600. The average molecular weight is 178 g/mol. The molecule has 2 rings (SSSR count). The van der Waals surface area contributed by atoms with Crippen LogP contribution in [-0.2, 0) is 7.05 Å². The maximum Gasteiger partial charge on any atom is 0.184 e. The van der Waals surface area contributed by atoms with E-state index in [2.05, 4.69) is 18.9 Å². The van der Waals surface area contributed by atoms with Gasteiger partial charge in [-0.2, -0.15) is 5.10 Å². The van der Waals surface area contributed by atoms with E-state index in [9.17, 15) is 4.79 Å². The van der Waals surface area contributed by atoms with Gasteiger partial charge in [-0.15, -0.1) is 0 Å². The van der Waals surface area contributed by atoms with E-state index in [4.69, 9.17) is 0 Å². The molecule has 0 radical (unpaired) electrons. The van der Waals surface area contributed by atoms with Crippen LogP contribution in [0.25, 0.3) is 0 Å². The lowest BCUT2D eigenvalue weighted by Gasteiger charge is -2.02. The summed E-state index contributed by atoms with van der Waals surface area (Å²) in [6.07, 6.45) is 2.68. The first kappa shape index (κ1) is 8.48. The highest BCUT2D eigenvalue weighted by Crippen LogP contribution is 2.52. The van der Waals surface area contributed by atoms with Gasteiger partial charge in [0.25, 0.3) is 0 Å². The first-order valence-corrected chi connectivity index (χ1v) is 4.54. The van der Waals surface area contributed by atoms with Crippen molar-refractivity contribution in [3.8, 4) is 0 Å². The molecule has 1 atom stereocenters. The van der Waals surface area contributed by atoms with Gasteiger partial charge >= 0.3 is 0 Å². The Hall–Kier alpha value is -1.12. The van der Waals surface area contributed by atoms with E-state index in [1.165, 1.54) is 0 Å². The zero-order valence-electron chi connectivity index (χ0n) is 8.24. The minimum Gasteiger partial charge on any atom is -0.292 e. The van der Waals surface area contributed by atoms with Crippen molar-refractivity contribution in [2.45, 2.75) is 20.3 Å². The van der Waals surface area contributed by atoms with Crippen molar-refractivity contribution < 1.29 is 4.79 Å². The summed E-state index contributed by atoms with van der Waals surface area (Å²) < 4.78 is 1.65. The molecule has 1 aromatic rings. The van der Waals surface area contributed by atoms with Crippen LogP contribution in [0.4, 0.5) is 0 Å². The number of ketones is 1. The number of carbonyl (C=O) groups excluding carboxylic acids is 1. The van der Waals surface area contributed by atoms with Crippen molar-refractivity contribution in [3.05, 3.63) is 18.0 Å². The van der Waals surface area contributed by atoms with Crippen LogP contribution in [0.3, 0.4) is 0 Å². The fourth-order valence-corrected chi connectivity index (χ4v) is 1.71. The van der Waals surface area contributed by atoms with Gasteiger partial charge in [0.15, 0.2) is 5.78 Å². The predicted molar refractivity (Wildman–Crippen MR) is 49.4 cm³/mol. The number of hydrogen-bond donors (Lipinski definition) is 0. The third kappa shape index (κ3) is 1.28. The highest BCUT2D eigenvalue weighted by molar-refractivity contribution is 5.98. The first-order chi connectivity index (χ1) is 6.02. The molecule has 0 saturated heterocycles. The zero-order valence-corrected chi connectivity index (χ0v) is 8.24. The largest absolute Gasteiger partial charge is 0.292 e. The lowest BCUT2D eigenvalue weighted by molar-refractivity contribution is 0.0944. The molecule has 70 valence electrons. The summed E-state index contributed by atoms with van der Waals surface area (Å²) in [6, 6.07) is 1.79. The molecular formula is C10H14N2O. The lowest BCUT2D eigenvalue weighted by Crippen LogP contribution is -2.11. The second-order valence-corrected chi connectivity index (χ2v) is 4.45. The summed E-state index contributed by atoms with van der Waals surface area (Å²) in [4.78, 5) is 11.8. The molecule has 1 aliphatic rings. The molecule has 0 bridgehead atoms. The fourth-order valence-electron chi connectivity index (χ4n) is 1.71. The normalized spacial score (nSPS) is 24.4. The number of aryl methyl sites for hydroxylation is 1. The molecular weight excluding hydrogens is 164 g/mol. The van der Waals surface area contributed by atoms with E-state index in [-0.39, 0.29) is 17.1 Å². The summed E-state index contributed by atoms with van der Waals surface area (Å²) in [5.74, 6) is 0.452. The van der Waals surface area contributed by atoms with Crippen molar-refractivity contribution in [2.24, 2.45) is 18.4 Å². The van der Waals surface area contributed by atoms with Gasteiger partial charge in [-0.1, -0.05) is 13.8 Å². The van der Waals surface area contributed by atoms with Crippen molar-refractivity contribution in [3.63, 3.8) is 0 Å². The van der Waals surface area contributed by atoms with Crippen LogP contribution in [0, 0.1) is 11.3 Å².